The van der Waals surface area contributed by atoms with Gasteiger partial charge in [0.05, 0.1) is 0 Å². The van der Waals surface area contributed by atoms with Crippen LogP contribution >= 0.6 is 0 Å². The van der Waals surface area contributed by atoms with Crippen molar-refractivity contribution in [2.45, 2.75) is 39.3 Å². The minimum Gasteiger partial charge on any atom is -0.368 e. The molecule has 2 aliphatic heterocycles. The molecule has 6 heteroatoms. The number of rotatable bonds is 4. The number of carbonyl (C=O) groups excluding carboxylic acids is 2. The van der Waals surface area contributed by atoms with Crippen LogP contribution in [0.15, 0.2) is 48.5 Å². The normalized spacial score (nSPS) is 18.8. The van der Waals surface area contributed by atoms with Crippen molar-refractivity contribution >= 4 is 17.5 Å². The minimum atomic E-state index is -0.446. The summed E-state index contributed by atoms with van der Waals surface area (Å²) in [5.74, 6) is 0.0825. The van der Waals surface area contributed by atoms with E-state index in [9.17, 15) is 14.0 Å². The summed E-state index contributed by atoms with van der Waals surface area (Å²) in [6, 6.07) is 14.1. The molecule has 1 saturated heterocycles. The van der Waals surface area contributed by atoms with Gasteiger partial charge in [0.15, 0.2) is 0 Å². The molecule has 0 saturated carbocycles. The number of fused-ring (bicyclic) bond motifs is 1. The second-order valence-corrected chi connectivity index (χ2v) is 8.90. The van der Waals surface area contributed by atoms with Gasteiger partial charge in [0, 0.05) is 51.3 Å². The quantitative estimate of drug-likeness (QED) is 0.756. The number of halogens is 1. The third kappa shape index (κ3) is 4.73. The smallest absolute Gasteiger partial charge is 0.245 e. The number of anilines is 1. The zero-order chi connectivity index (χ0) is 22.0. The fourth-order valence-electron chi connectivity index (χ4n) is 4.52. The molecule has 0 aromatic heterocycles. The summed E-state index contributed by atoms with van der Waals surface area (Å²) in [4.78, 5) is 32.4. The lowest BCUT2D eigenvalue weighted by Gasteiger charge is -2.42. The van der Waals surface area contributed by atoms with Gasteiger partial charge >= 0.3 is 0 Å². The monoisotopic (exact) mass is 423 g/mol. The van der Waals surface area contributed by atoms with Gasteiger partial charge in [-0.2, -0.15) is 0 Å². The van der Waals surface area contributed by atoms with Crippen LogP contribution in [0.1, 0.15) is 31.4 Å². The Kier molecular flexibility index (Phi) is 6.25. The molecular weight excluding hydrogens is 393 g/mol. The van der Waals surface area contributed by atoms with Crippen LogP contribution in [-0.4, -0.2) is 53.8 Å². The van der Waals surface area contributed by atoms with Crippen LogP contribution in [0.3, 0.4) is 0 Å². The number of benzene rings is 2. The summed E-state index contributed by atoms with van der Waals surface area (Å²) >= 11 is 0. The van der Waals surface area contributed by atoms with Crippen molar-refractivity contribution in [1.82, 2.24) is 9.80 Å². The van der Waals surface area contributed by atoms with Gasteiger partial charge in [-0.1, -0.05) is 38.1 Å². The molecule has 2 aromatic carbocycles. The fourth-order valence-corrected chi connectivity index (χ4v) is 4.52. The van der Waals surface area contributed by atoms with Gasteiger partial charge in [0.25, 0.3) is 0 Å². The van der Waals surface area contributed by atoms with Gasteiger partial charge < -0.3 is 14.7 Å². The maximum Gasteiger partial charge on any atom is 0.245 e. The summed E-state index contributed by atoms with van der Waals surface area (Å²) in [6.45, 7) is 7.14. The summed E-state index contributed by atoms with van der Waals surface area (Å²) in [7, 11) is 0. The van der Waals surface area contributed by atoms with Crippen LogP contribution in [0.2, 0.25) is 0 Å². The van der Waals surface area contributed by atoms with Crippen molar-refractivity contribution in [2.75, 3.05) is 31.1 Å². The zero-order valence-corrected chi connectivity index (χ0v) is 18.3. The van der Waals surface area contributed by atoms with Crippen molar-refractivity contribution in [3.8, 4) is 0 Å². The molecule has 1 atom stereocenters. The van der Waals surface area contributed by atoms with Gasteiger partial charge in [0.2, 0.25) is 11.8 Å². The lowest BCUT2D eigenvalue weighted by molar-refractivity contribution is -0.147. The predicted octanol–water partition coefficient (Wildman–Crippen LogP) is 3.47. The highest BCUT2D eigenvalue weighted by atomic mass is 19.1. The van der Waals surface area contributed by atoms with Crippen LogP contribution in [-0.2, 0) is 22.6 Å². The first-order valence-electron chi connectivity index (χ1n) is 11.1. The molecule has 2 heterocycles. The SMILES string of the molecule is CC(C)CC(=O)N1Cc2ccccc2CC1C(=O)N1CCN(c2ccc(F)cc2)CC1. The molecule has 164 valence electrons. The molecule has 31 heavy (non-hydrogen) atoms. The number of hydrogen-bond acceptors (Lipinski definition) is 3. The Morgan fingerprint density at radius 2 is 1.61 bits per heavy atom. The number of hydrogen-bond donors (Lipinski definition) is 0. The Morgan fingerprint density at radius 1 is 0.968 bits per heavy atom. The van der Waals surface area contributed by atoms with Crippen molar-refractivity contribution in [1.29, 1.82) is 0 Å². The number of amides is 2. The Labute approximate surface area is 183 Å². The average molecular weight is 424 g/mol. The van der Waals surface area contributed by atoms with Gasteiger partial charge in [-0.05, 0) is 41.3 Å². The molecular formula is C25H30FN3O2. The predicted molar refractivity (Wildman–Crippen MR) is 119 cm³/mol. The van der Waals surface area contributed by atoms with Crippen molar-refractivity contribution < 1.29 is 14.0 Å². The molecule has 2 aromatic rings. The molecule has 1 fully saturated rings. The van der Waals surface area contributed by atoms with E-state index in [1.165, 1.54) is 12.1 Å². The molecule has 4 rings (SSSR count). The maximum absolute atomic E-state index is 13.5. The highest BCUT2D eigenvalue weighted by Gasteiger charge is 2.37. The number of carbonyl (C=O) groups is 2. The topological polar surface area (TPSA) is 43.9 Å². The lowest BCUT2D eigenvalue weighted by atomic mass is 9.92. The Bertz CT molecular complexity index is 936. The molecule has 1 unspecified atom stereocenters. The van der Waals surface area contributed by atoms with E-state index < -0.39 is 6.04 Å². The van der Waals surface area contributed by atoms with E-state index in [-0.39, 0.29) is 23.5 Å². The Hall–Kier alpha value is -2.89. The molecule has 2 amide bonds. The number of piperazine rings is 1. The fraction of sp³-hybridized carbons (Fsp3) is 0.440. The van der Waals surface area contributed by atoms with Crippen molar-refractivity contribution in [2.24, 2.45) is 5.92 Å². The summed E-state index contributed by atoms with van der Waals surface area (Å²) < 4.78 is 13.2. The van der Waals surface area contributed by atoms with E-state index in [4.69, 9.17) is 0 Å². The van der Waals surface area contributed by atoms with Crippen LogP contribution in [0.25, 0.3) is 0 Å². The van der Waals surface area contributed by atoms with Gasteiger partial charge in [-0.3, -0.25) is 9.59 Å². The summed E-state index contributed by atoms with van der Waals surface area (Å²) in [6.07, 6.45) is 1.02. The van der Waals surface area contributed by atoms with Gasteiger partial charge in [-0.15, -0.1) is 0 Å². The molecule has 0 N–H and O–H groups in total. The largest absolute Gasteiger partial charge is 0.368 e. The molecule has 0 bridgehead atoms. The third-order valence-electron chi connectivity index (χ3n) is 6.22. The van der Waals surface area contributed by atoms with E-state index in [0.717, 1.165) is 16.8 Å². The van der Waals surface area contributed by atoms with E-state index in [1.54, 1.807) is 17.0 Å². The number of nitrogens with zero attached hydrogens (tertiary/aromatic N) is 3. The van der Waals surface area contributed by atoms with Gasteiger partial charge in [0.1, 0.15) is 11.9 Å². The molecule has 5 nitrogen and oxygen atoms in total. The lowest BCUT2D eigenvalue weighted by Crippen LogP contribution is -2.57. The standard InChI is InChI=1S/C25H30FN3O2/c1-18(2)15-24(30)29-17-20-6-4-3-5-19(20)16-23(29)25(31)28-13-11-27(12-14-28)22-9-7-21(26)8-10-22/h3-10,18,23H,11-17H2,1-2H3. The van der Waals surface area contributed by atoms with E-state index in [1.807, 2.05) is 36.9 Å². The van der Waals surface area contributed by atoms with Crippen molar-refractivity contribution in [3.05, 3.63) is 65.5 Å². The zero-order valence-electron chi connectivity index (χ0n) is 18.3. The van der Waals surface area contributed by atoms with E-state index in [0.29, 0.717) is 45.6 Å². The Balaban J connectivity index is 1.47. The molecule has 0 spiro atoms. The maximum atomic E-state index is 13.5. The second kappa shape index (κ2) is 9.08. The van der Waals surface area contributed by atoms with Crippen LogP contribution < -0.4 is 4.90 Å². The molecule has 2 aliphatic rings. The first kappa shape index (κ1) is 21.3. The second-order valence-electron chi connectivity index (χ2n) is 8.90. The highest BCUT2D eigenvalue weighted by Crippen LogP contribution is 2.27. The third-order valence-corrected chi connectivity index (χ3v) is 6.22. The van der Waals surface area contributed by atoms with Crippen LogP contribution in [0, 0.1) is 11.7 Å². The first-order chi connectivity index (χ1) is 14.9. The van der Waals surface area contributed by atoms with Crippen molar-refractivity contribution in [3.63, 3.8) is 0 Å². The minimum absolute atomic E-state index is 0.0327. The first-order valence-corrected chi connectivity index (χ1v) is 11.1. The summed E-state index contributed by atoms with van der Waals surface area (Å²) in [5, 5.41) is 0. The molecule has 0 aliphatic carbocycles. The van der Waals surface area contributed by atoms with Crippen LogP contribution in [0.5, 0.6) is 0 Å². The summed E-state index contributed by atoms with van der Waals surface area (Å²) in [5.41, 5.74) is 3.25. The van der Waals surface area contributed by atoms with Crippen LogP contribution in [0.4, 0.5) is 10.1 Å². The molecule has 0 radical (unpaired) electrons. The average Bonchev–Trinajstić information content (AvgIpc) is 2.78. The van der Waals surface area contributed by atoms with E-state index in [2.05, 4.69) is 11.0 Å². The Morgan fingerprint density at radius 3 is 2.26 bits per heavy atom. The van der Waals surface area contributed by atoms with Gasteiger partial charge in [-0.25, -0.2) is 4.39 Å². The van der Waals surface area contributed by atoms with E-state index >= 15 is 0 Å². The highest BCUT2D eigenvalue weighted by molar-refractivity contribution is 5.89.